The molecule has 0 radical (unpaired) electrons. The number of piperidine rings is 1. The van der Waals surface area contributed by atoms with Gasteiger partial charge in [-0.15, -0.1) is 0 Å². The summed E-state index contributed by atoms with van der Waals surface area (Å²) in [6.07, 6.45) is 5.45. The van der Waals surface area contributed by atoms with Crippen LogP contribution in [0.1, 0.15) is 44.0 Å². The molecule has 0 aliphatic carbocycles. The van der Waals surface area contributed by atoms with Gasteiger partial charge >= 0.3 is 6.09 Å². The van der Waals surface area contributed by atoms with Crippen molar-refractivity contribution in [1.29, 1.82) is 0 Å². The first kappa shape index (κ1) is 17.1. The average molecular weight is 312 g/mol. The van der Waals surface area contributed by atoms with Crippen LogP contribution in [0.5, 0.6) is 0 Å². The quantitative estimate of drug-likeness (QED) is 0.631. The molecule has 0 bridgehead atoms. The van der Waals surface area contributed by atoms with Crippen LogP contribution >= 0.6 is 0 Å². The minimum absolute atomic E-state index is 0.187. The zero-order chi connectivity index (χ0) is 16.5. The van der Waals surface area contributed by atoms with Gasteiger partial charge in [0.1, 0.15) is 5.69 Å². The van der Waals surface area contributed by atoms with E-state index in [-0.39, 0.29) is 6.09 Å². The van der Waals surface area contributed by atoms with Crippen molar-refractivity contribution in [3.8, 4) is 11.8 Å². The fourth-order valence-corrected chi connectivity index (χ4v) is 2.34. The maximum atomic E-state index is 11.9. The molecule has 1 amide bonds. The van der Waals surface area contributed by atoms with Gasteiger partial charge in [0.05, 0.1) is 6.61 Å². The topological polar surface area (TPSA) is 42.4 Å². The van der Waals surface area contributed by atoms with Gasteiger partial charge in [-0.1, -0.05) is 30.9 Å². The van der Waals surface area contributed by atoms with Gasteiger partial charge in [-0.2, -0.15) is 0 Å². The van der Waals surface area contributed by atoms with Crippen molar-refractivity contribution >= 4 is 6.09 Å². The van der Waals surface area contributed by atoms with Gasteiger partial charge in [-0.3, -0.25) is 0 Å². The number of hydrogen-bond acceptors (Lipinski definition) is 3. The van der Waals surface area contributed by atoms with Crippen molar-refractivity contribution in [2.24, 2.45) is 0 Å². The first-order valence-electron chi connectivity index (χ1n) is 8.24. The fraction of sp³-hybridized carbons (Fsp3) is 0.474. The van der Waals surface area contributed by atoms with Crippen LogP contribution in [0.3, 0.4) is 0 Å². The summed E-state index contributed by atoms with van der Waals surface area (Å²) in [5, 5.41) is 0. The van der Waals surface area contributed by atoms with E-state index in [2.05, 4.69) is 23.7 Å². The maximum Gasteiger partial charge on any atom is 0.409 e. The van der Waals surface area contributed by atoms with E-state index in [9.17, 15) is 4.79 Å². The van der Waals surface area contributed by atoms with E-state index in [1.54, 1.807) is 4.90 Å². The Morgan fingerprint density at radius 1 is 1.39 bits per heavy atom. The predicted molar refractivity (Wildman–Crippen MR) is 91.0 cm³/mol. The lowest BCUT2D eigenvalue weighted by Gasteiger charge is -2.27. The van der Waals surface area contributed by atoms with Crippen LogP contribution in [-0.2, 0) is 4.74 Å². The molecular formula is C19H24N2O2. The standard InChI is InChI=1S/C19H24N2O2/c1-3-4-15-23-19(22)21-13-11-17(12-14-21)8-6-10-18-9-5-7-16(2)20-18/h5,7-9H,3-4,11-15H2,1-2H3. The molecule has 0 spiro atoms. The molecule has 1 aromatic heterocycles. The van der Waals surface area contributed by atoms with E-state index in [4.69, 9.17) is 4.74 Å². The largest absolute Gasteiger partial charge is 0.449 e. The molecule has 0 saturated carbocycles. The van der Waals surface area contributed by atoms with E-state index >= 15 is 0 Å². The summed E-state index contributed by atoms with van der Waals surface area (Å²) >= 11 is 0. The highest BCUT2D eigenvalue weighted by Gasteiger charge is 2.19. The lowest BCUT2D eigenvalue weighted by atomic mass is 10.0. The number of aryl methyl sites for hydroxylation is 1. The molecule has 1 aromatic rings. The number of amides is 1. The minimum atomic E-state index is -0.187. The predicted octanol–water partition coefficient (Wildman–Crippen LogP) is 3.70. The average Bonchev–Trinajstić information content (AvgIpc) is 2.56. The highest BCUT2D eigenvalue weighted by atomic mass is 16.6. The van der Waals surface area contributed by atoms with Crippen molar-refractivity contribution in [3.63, 3.8) is 0 Å². The number of rotatable bonds is 3. The van der Waals surface area contributed by atoms with Gasteiger partial charge in [0, 0.05) is 18.8 Å². The van der Waals surface area contributed by atoms with E-state index in [0.29, 0.717) is 19.7 Å². The van der Waals surface area contributed by atoms with Crippen molar-refractivity contribution in [3.05, 3.63) is 41.2 Å². The van der Waals surface area contributed by atoms with Crippen LogP contribution in [0.4, 0.5) is 4.79 Å². The summed E-state index contributed by atoms with van der Waals surface area (Å²) in [7, 11) is 0. The second kappa shape index (κ2) is 8.99. The summed E-state index contributed by atoms with van der Waals surface area (Å²) in [5.41, 5.74) is 3.04. The number of carbonyl (C=O) groups excluding carboxylic acids is 1. The SMILES string of the molecule is CCCCOC(=O)N1CCC(=CC#Cc2cccc(C)n2)CC1. The molecular weight excluding hydrogens is 288 g/mol. The maximum absolute atomic E-state index is 11.9. The minimum Gasteiger partial charge on any atom is -0.449 e. The first-order chi connectivity index (χ1) is 11.2. The third-order valence-electron chi connectivity index (χ3n) is 3.75. The molecule has 4 nitrogen and oxygen atoms in total. The molecule has 1 saturated heterocycles. The van der Waals surface area contributed by atoms with Gasteiger partial charge in [-0.25, -0.2) is 9.78 Å². The molecule has 2 rings (SSSR count). The fourth-order valence-electron chi connectivity index (χ4n) is 2.34. The Balaban J connectivity index is 1.81. The molecule has 1 aliphatic rings. The van der Waals surface area contributed by atoms with E-state index in [1.807, 2.05) is 31.2 Å². The Bertz CT molecular complexity index is 616. The Kier molecular flexibility index (Phi) is 6.68. The van der Waals surface area contributed by atoms with E-state index in [0.717, 1.165) is 37.1 Å². The number of ether oxygens (including phenoxy) is 1. The molecule has 1 fully saturated rings. The van der Waals surface area contributed by atoms with Crippen molar-refractivity contribution in [2.45, 2.75) is 39.5 Å². The van der Waals surface area contributed by atoms with Crippen LogP contribution in [0.2, 0.25) is 0 Å². The summed E-state index contributed by atoms with van der Waals surface area (Å²) in [4.78, 5) is 18.0. The highest BCUT2D eigenvalue weighted by Crippen LogP contribution is 2.16. The second-order valence-electron chi connectivity index (χ2n) is 5.69. The Labute approximate surface area is 138 Å². The van der Waals surface area contributed by atoms with Crippen LogP contribution in [0.25, 0.3) is 0 Å². The smallest absolute Gasteiger partial charge is 0.409 e. The molecule has 23 heavy (non-hydrogen) atoms. The van der Waals surface area contributed by atoms with Crippen LogP contribution in [-0.4, -0.2) is 35.7 Å². The molecule has 122 valence electrons. The zero-order valence-corrected chi connectivity index (χ0v) is 14.0. The Morgan fingerprint density at radius 3 is 2.87 bits per heavy atom. The number of allylic oxidation sites excluding steroid dienone is 1. The van der Waals surface area contributed by atoms with Crippen LogP contribution < -0.4 is 0 Å². The van der Waals surface area contributed by atoms with Crippen LogP contribution in [0.15, 0.2) is 29.8 Å². The molecule has 2 heterocycles. The Hall–Kier alpha value is -2.28. The van der Waals surface area contributed by atoms with Crippen LogP contribution in [0, 0.1) is 18.8 Å². The second-order valence-corrected chi connectivity index (χ2v) is 5.69. The zero-order valence-electron chi connectivity index (χ0n) is 14.0. The summed E-state index contributed by atoms with van der Waals surface area (Å²) in [6, 6.07) is 5.83. The molecule has 4 heteroatoms. The first-order valence-corrected chi connectivity index (χ1v) is 8.24. The summed E-state index contributed by atoms with van der Waals surface area (Å²) in [6.45, 7) is 5.98. The summed E-state index contributed by atoms with van der Waals surface area (Å²) in [5.74, 6) is 6.13. The van der Waals surface area contributed by atoms with Gasteiger partial charge in [0.25, 0.3) is 0 Å². The van der Waals surface area contributed by atoms with Crippen molar-refractivity contribution < 1.29 is 9.53 Å². The Morgan fingerprint density at radius 2 is 2.17 bits per heavy atom. The molecule has 0 unspecified atom stereocenters. The number of unbranched alkanes of at least 4 members (excludes halogenated alkanes) is 1. The number of likely N-dealkylation sites (tertiary alicyclic amines) is 1. The third-order valence-corrected chi connectivity index (χ3v) is 3.75. The monoisotopic (exact) mass is 312 g/mol. The van der Waals surface area contributed by atoms with Gasteiger partial charge < -0.3 is 9.64 Å². The lowest BCUT2D eigenvalue weighted by Crippen LogP contribution is -2.36. The number of hydrogen-bond donors (Lipinski definition) is 0. The number of pyridine rings is 1. The van der Waals surface area contributed by atoms with E-state index in [1.165, 1.54) is 5.57 Å². The molecule has 0 aromatic carbocycles. The number of nitrogens with zero attached hydrogens (tertiary/aromatic N) is 2. The number of aromatic nitrogens is 1. The van der Waals surface area contributed by atoms with Crippen molar-refractivity contribution in [2.75, 3.05) is 19.7 Å². The van der Waals surface area contributed by atoms with Gasteiger partial charge in [0.2, 0.25) is 0 Å². The third kappa shape index (κ3) is 5.78. The normalized spacial score (nSPS) is 14.0. The highest BCUT2D eigenvalue weighted by molar-refractivity contribution is 5.67. The molecule has 0 N–H and O–H groups in total. The van der Waals surface area contributed by atoms with Gasteiger partial charge in [0.15, 0.2) is 0 Å². The van der Waals surface area contributed by atoms with Crippen molar-refractivity contribution in [1.82, 2.24) is 9.88 Å². The molecule has 0 atom stereocenters. The number of carbonyl (C=O) groups is 1. The molecule has 1 aliphatic heterocycles. The summed E-state index contributed by atoms with van der Waals surface area (Å²) < 4.78 is 5.24. The van der Waals surface area contributed by atoms with Gasteiger partial charge in [-0.05, 0) is 50.3 Å². The van der Waals surface area contributed by atoms with E-state index < -0.39 is 0 Å². The lowest BCUT2D eigenvalue weighted by molar-refractivity contribution is 0.0983.